The number of nitrogens with two attached hydrogens (primary N) is 1. The van der Waals surface area contributed by atoms with Crippen LogP contribution in [0.3, 0.4) is 0 Å². The number of rotatable bonds is 2. The van der Waals surface area contributed by atoms with E-state index in [2.05, 4.69) is 15.9 Å². The molecule has 0 atom stereocenters. The Morgan fingerprint density at radius 3 is 2.67 bits per heavy atom. The summed E-state index contributed by atoms with van der Waals surface area (Å²) in [4.78, 5) is 0. The standard InChI is InChI=1S/C12H15BrFN/c13-11-9(4-3-5-10(11)14)8-12(15)6-1-2-7-12/h3-5H,1-2,6-8,15H2. The van der Waals surface area contributed by atoms with Crippen LogP contribution >= 0.6 is 15.9 Å². The highest BCUT2D eigenvalue weighted by Gasteiger charge is 2.30. The largest absolute Gasteiger partial charge is 0.325 e. The van der Waals surface area contributed by atoms with Gasteiger partial charge < -0.3 is 5.73 Å². The third-order valence-electron chi connectivity index (χ3n) is 3.17. The topological polar surface area (TPSA) is 26.0 Å². The molecule has 0 amide bonds. The van der Waals surface area contributed by atoms with Crippen molar-refractivity contribution < 1.29 is 4.39 Å². The van der Waals surface area contributed by atoms with E-state index in [1.54, 1.807) is 6.07 Å². The Balaban J connectivity index is 2.20. The molecule has 15 heavy (non-hydrogen) atoms. The lowest BCUT2D eigenvalue weighted by Gasteiger charge is -2.24. The van der Waals surface area contributed by atoms with Crippen LogP contribution in [0.5, 0.6) is 0 Å². The first kappa shape index (κ1) is 11.1. The third-order valence-corrected chi connectivity index (χ3v) is 4.06. The zero-order valence-electron chi connectivity index (χ0n) is 8.60. The molecule has 1 aliphatic carbocycles. The summed E-state index contributed by atoms with van der Waals surface area (Å²) in [5, 5.41) is 0. The zero-order valence-corrected chi connectivity index (χ0v) is 10.2. The van der Waals surface area contributed by atoms with Crippen LogP contribution in [-0.4, -0.2) is 5.54 Å². The van der Waals surface area contributed by atoms with Crippen molar-refractivity contribution in [3.05, 3.63) is 34.1 Å². The molecule has 3 heteroatoms. The molecule has 0 radical (unpaired) electrons. The molecule has 2 rings (SSSR count). The van der Waals surface area contributed by atoms with E-state index >= 15 is 0 Å². The second-order valence-electron chi connectivity index (χ2n) is 4.46. The third kappa shape index (κ3) is 2.40. The average Bonchev–Trinajstić information content (AvgIpc) is 2.60. The van der Waals surface area contributed by atoms with Gasteiger partial charge in [0, 0.05) is 5.54 Å². The van der Waals surface area contributed by atoms with Gasteiger partial charge in [0.1, 0.15) is 5.82 Å². The van der Waals surface area contributed by atoms with Gasteiger partial charge >= 0.3 is 0 Å². The van der Waals surface area contributed by atoms with E-state index in [1.807, 2.05) is 6.07 Å². The van der Waals surface area contributed by atoms with E-state index in [4.69, 9.17) is 5.73 Å². The summed E-state index contributed by atoms with van der Waals surface area (Å²) < 4.78 is 13.9. The van der Waals surface area contributed by atoms with Crippen molar-refractivity contribution in [1.82, 2.24) is 0 Å². The molecular weight excluding hydrogens is 257 g/mol. The highest BCUT2D eigenvalue weighted by atomic mass is 79.9. The number of benzene rings is 1. The second-order valence-corrected chi connectivity index (χ2v) is 5.25. The van der Waals surface area contributed by atoms with Gasteiger partial charge in [-0.2, -0.15) is 0 Å². The fourth-order valence-electron chi connectivity index (χ4n) is 2.32. The summed E-state index contributed by atoms with van der Waals surface area (Å²) in [6.45, 7) is 0. The van der Waals surface area contributed by atoms with E-state index in [-0.39, 0.29) is 11.4 Å². The Morgan fingerprint density at radius 1 is 1.33 bits per heavy atom. The predicted molar refractivity (Wildman–Crippen MR) is 63.2 cm³/mol. The first-order valence-electron chi connectivity index (χ1n) is 5.32. The highest BCUT2D eigenvalue weighted by molar-refractivity contribution is 9.10. The first-order chi connectivity index (χ1) is 7.11. The molecular formula is C12H15BrFN. The molecule has 1 saturated carbocycles. The molecule has 82 valence electrons. The lowest BCUT2D eigenvalue weighted by molar-refractivity contribution is 0.434. The SMILES string of the molecule is NC1(Cc2cccc(F)c2Br)CCCC1. The normalized spacial score (nSPS) is 19.4. The minimum absolute atomic E-state index is 0.115. The van der Waals surface area contributed by atoms with E-state index in [9.17, 15) is 4.39 Å². The van der Waals surface area contributed by atoms with E-state index in [0.29, 0.717) is 4.47 Å². The Bertz CT molecular complexity index is 359. The minimum atomic E-state index is -0.200. The molecule has 1 nitrogen and oxygen atoms in total. The monoisotopic (exact) mass is 271 g/mol. The smallest absolute Gasteiger partial charge is 0.137 e. The average molecular weight is 272 g/mol. The molecule has 0 spiro atoms. The molecule has 0 aromatic heterocycles. The summed E-state index contributed by atoms with van der Waals surface area (Å²) in [5.74, 6) is -0.200. The van der Waals surface area contributed by atoms with Gasteiger partial charge in [0.15, 0.2) is 0 Å². The van der Waals surface area contributed by atoms with Crippen LogP contribution in [0.25, 0.3) is 0 Å². The fraction of sp³-hybridized carbons (Fsp3) is 0.500. The summed E-state index contributed by atoms with van der Waals surface area (Å²) in [6.07, 6.45) is 5.27. The Labute approximate surface area is 98.0 Å². The molecule has 1 aromatic carbocycles. The second kappa shape index (κ2) is 4.22. The minimum Gasteiger partial charge on any atom is -0.325 e. The highest BCUT2D eigenvalue weighted by Crippen LogP contribution is 2.33. The number of hydrogen-bond donors (Lipinski definition) is 1. The van der Waals surface area contributed by atoms with Crippen molar-refractivity contribution in [1.29, 1.82) is 0 Å². The molecule has 0 aliphatic heterocycles. The van der Waals surface area contributed by atoms with Crippen molar-refractivity contribution in [2.24, 2.45) is 5.73 Å². The van der Waals surface area contributed by atoms with Crippen molar-refractivity contribution in [3.63, 3.8) is 0 Å². The lowest BCUT2D eigenvalue weighted by atomic mass is 9.90. The quantitative estimate of drug-likeness (QED) is 0.877. The van der Waals surface area contributed by atoms with E-state index in [0.717, 1.165) is 24.8 Å². The van der Waals surface area contributed by atoms with Gasteiger partial charge in [0.05, 0.1) is 4.47 Å². The van der Waals surface area contributed by atoms with Crippen LogP contribution in [-0.2, 0) is 6.42 Å². The van der Waals surface area contributed by atoms with Crippen LogP contribution in [0.2, 0.25) is 0 Å². The molecule has 0 unspecified atom stereocenters. The van der Waals surface area contributed by atoms with Gasteiger partial charge in [-0.3, -0.25) is 0 Å². The maximum atomic E-state index is 13.3. The van der Waals surface area contributed by atoms with Gasteiger partial charge in [-0.25, -0.2) is 4.39 Å². The van der Waals surface area contributed by atoms with Gasteiger partial charge in [0.25, 0.3) is 0 Å². The molecule has 0 heterocycles. The predicted octanol–water partition coefficient (Wildman–Crippen LogP) is 3.40. The summed E-state index contributed by atoms with van der Waals surface area (Å²) >= 11 is 3.28. The number of halogens is 2. The molecule has 1 fully saturated rings. The van der Waals surface area contributed by atoms with Gasteiger partial charge in [-0.1, -0.05) is 25.0 Å². The lowest BCUT2D eigenvalue weighted by Crippen LogP contribution is -2.38. The molecule has 0 saturated heterocycles. The summed E-state index contributed by atoms with van der Waals surface area (Å²) in [5.41, 5.74) is 7.14. The van der Waals surface area contributed by atoms with Crippen LogP contribution in [0.15, 0.2) is 22.7 Å². The van der Waals surface area contributed by atoms with Gasteiger partial charge in [-0.15, -0.1) is 0 Å². The van der Waals surface area contributed by atoms with Crippen LogP contribution in [0.4, 0.5) is 4.39 Å². The van der Waals surface area contributed by atoms with E-state index < -0.39 is 0 Å². The van der Waals surface area contributed by atoms with Crippen molar-refractivity contribution in [3.8, 4) is 0 Å². The number of hydrogen-bond acceptors (Lipinski definition) is 1. The van der Waals surface area contributed by atoms with Crippen LogP contribution in [0.1, 0.15) is 31.2 Å². The Kier molecular flexibility index (Phi) is 3.12. The molecule has 2 N–H and O–H groups in total. The fourth-order valence-corrected chi connectivity index (χ4v) is 2.72. The molecule has 1 aromatic rings. The summed E-state index contributed by atoms with van der Waals surface area (Å²) in [7, 11) is 0. The van der Waals surface area contributed by atoms with Crippen LogP contribution in [0, 0.1) is 5.82 Å². The van der Waals surface area contributed by atoms with Gasteiger partial charge in [0.2, 0.25) is 0 Å². The maximum absolute atomic E-state index is 13.3. The molecule has 1 aliphatic rings. The van der Waals surface area contributed by atoms with Crippen molar-refractivity contribution in [2.75, 3.05) is 0 Å². The maximum Gasteiger partial charge on any atom is 0.137 e. The van der Waals surface area contributed by atoms with Crippen LogP contribution < -0.4 is 5.73 Å². The molecule has 0 bridgehead atoms. The van der Waals surface area contributed by atoms with Gasteiger partial charge in [-0.05, 0) is 46.8 Å². The summed E-state index contributed by atoms with van der Waals surface area (Å²) in [6, 6.07) is 5.15. The van der Waals surface area contributed by atoms with E-state index in [1.165, 1.54) is 18.9 Å². The van der Waals surface area contributed by atoms with Crippen molar-refractivity contribution >= 4 is 15.9 Å². The Hall–Kier alpha value is -0.410. The zero-order chi connectivity index (χ0) is 10.9. The van der Waals surface area contributed by atoms with Crippen molar-refractivity contribution in [2.45, 2.75) is 37.6 Å². The Morgan fingerprint density at radius 2 is 2.00 bits per heavy atom. The first-order valence-corrected chi connectivity index (χ1v) is 6.12.